The van der Waals surface area contributed by atoms with Crippen molar-refractivity contribution in [3.8, 4) is 22.8 Å². The number of sulfone groups is 2. The fourth-order valence-corrected chi connectivity index (χ4v) is 20.4. The molecule has 10 aromatic rings. The summed E-state index contributed by atoms with van der Waals surface area (Å²) >= 11 is 0. The monoisotopic (exact) mass is 1490 g/mol. The number of imidazole rings is 1. The number of likely N-dealkylation sites (tertiary alicyclic amines) is 2. The van der Waals surface area contributed by atoms with Gasteiger partial charge in [0.05, 0.1) is 45.4 Å². The number of nitrogens with one attached hydrogen (secondary N) is 1. The van der Waals surface area contributed by atoms with Crippen LogP contribution in [0.25, 0.3) is 28.5 Å². The fourth-order valence-electron chi connectivity index (χ4n) is 14.7. The normalized spacial score (nSPS) is 18.9. The lowest BCUT2D eigenvalue weighted by molar-refractivity contribution is -0.128. The standard InChI is InChI=1S/C24H18FN5O3.C19H19N3O3S.C19H27NO3S.C17H18N2O3S/c1-30-20(14-19(28-30)15-8-10-17(25)11-9-15)24(31)26-18-6-3-2-5-16(18)13-22-27-23(29-33-22)21-7-4-12-32-21;1-13-6-8-15(9-7-13)26(24,25)16-11-21(12-16)19(23)18-14(2)20-17-5-3-4-10-22(17)18;1-18(2)15-9-10-19(18,17(21)11-15)13-24(22,23)20(16-7-8-16)12-14-5-3-4-6-14;20-17(16-10-4-5-11-18-16)19-12-6-7-14(19)13-23(21,22)15-8-2-1-3-9-15/h2-12,14H,13H2,1H3,(H,26,31);3-10,16H,11-12H2,1-2H3;3,5-6,15-16H,4,7-13H2,1-2H3;1-5,8-11,14H,6-7,12-13H2. The van der Waals surface area contributed by atoms with Crippen LogP contribution in [0.4, 0.5) is 10.1 Å². The number of allylic oxidation sites excluding steroid dienone is 2. The number of pyridine rings is 2. The molecule has 6 aliphatic rings. The Bertz CT molecular complexity index is 5310. The molecule has 0 spiro atoms. The topological polar surface area (TPSA) is 293 Å². The van der Waals surface area contributed by atoms with Crippen molar-refractivity contribution < 1.29 is 57.8 Å². The number of hydrogen-bond acceptors (Lipinski definition) is 17. The average Bonchev–Trinajstić information content (AvgIpc) is 1.54. The molecule has 3 amide bonds. The molecule has 3 unspecified atom stereocenters. The summed E-state index contributed by atoms with van der Waals surface area (Å²) in [5.74, 6) is 0.730. The highest BCUT2D eigenvalue weighted by atomic mass is 32.2. The van der Waals surface area contributed by atoms with Gasteiger partial charge in [-0.1, -0.05) is 103 Å². The van der Waals surface area contributed by atoms with Crippen LogP contribution in [0.15, 0.2) is 219 Å². The molecule has 106 heavy (non-hydrogen) atoms. The maximum absolute atomic E-state index is 13.3. The van der Waals surface area contributed by atoms with Crippen LogP contribution in [0.5, 0.6) is 0 Å². The third-order valence-corrected chi connectivity index (χ3v) is 26.9. The van der Waals surface area contributed by atoms with E-state index in [9.17, 15) is 48.8 Å². The largest absolute Gasteiger partial charge is 0.461 e. The van der Waals surface area contributed by atoms with Crippen LogP contribution >= 0.6 is 0 Å². The molecule has 0 radical (unpaired) electrons. The first-order valence-electron chi connectivity index (χ1n) is 35.3. The lowest BCUT2D eigenvalue weighted by Gasteiger charge is -2.38. The zero-order valence-corrected chi connectivity index (χ0v) is 61.8. The number of aromatic nitrogens is 7. The van der Waals surface area contributed by atoms with E-state index in [1.54, 1.807) is 154 Å². The van der Waals surface area contributed by atoms with Gasteiger partial charge in [0.2, 0.25) is 21.7 Å². The minimum Gasteiger partial charge on any atom is -0.461 e. The van der Waals surface area contributed by atoms with Crippen LogP contribution in [-0.2, 0) is 48.0 Å². The van der Waals surface area contributed by atoms with Crippen molar-refractivity contribution in [1.29, 1.82) is 0 Å². The third kappa shape index (κ3) is 15.8. The van der Waals surface area contributed by atoms with E-state index in [4.69, 9.17) is 8.94 Å². The second-order valence-corrected chi connectivity index (χ2v) is 34.4. The number of halogens is 1. The molecule has 4 aliphatic carbocycles. The quantitative estimate of drug-likeness (QED) is 0.0787. The number of anilines is 1. The summed E-state index contributed by atoms with van der Waals surface area (Å²) in [6.07, 6.45) is 18.0. The Morgan fingerprint density at radius 3 is 2.20 bits per heavy atom. The zero-order valence-electron chi connectivity index (χ0n) is 59.4. The molecule has 4 aromatic carbocycles. The van der Waals surface area contributed by atoms with Crippen LogP contribution in [0.1, 0.15) is 119 Å². The molecule has 2 saturated heterocycles. The van der Waals surface area contributed by atoms with Crippen molar-refractivity contribution in [1.82, 2.24) is 48.4 Å². The number of aryl methyl sites for hydroxylation is 3. The smallest absolute Gasteiger partial charge is 0.273 e. The van der Waals surface area contributed by atoms with Gasteiger partial charge in [0.15, 0.2) is 25.4 Å². The first-order chi connectivity index (χ1) is 50.8. The summed E-state index contributed by atoms with van der Waals surface area (Å²) < 4.78 is 106. The molecule has 550 valence electrons. The molecule has 5 fully saturated rings. The molecule has 23 nitrogen and oxygen atoms in total. The molecule has 3 atom stereocenters. The number of carbonyl (C=O) groups excluding carboxylic acids is 4. The van der Waals surface area contributed by atoms with Crippen LogP contribution in [0, 0.1) is 36.4 Å². The highest BCUT2D eigenvalue weighted by Gasteiger charge is 2.66. The van der Waals surface area contributed by atoms with E-state index in [1.807, 2.05) is 49.4 Å². The molecular weight excluding hydrogens is 1410 g/mol. The number of rotatable bonds is 19. The first-order valence-corrected chi connectivity index (χ1v) is 40.1. The number of Topliss-reactive ketones (excluding diaryl/α,β-unsaturated/α-hetero) is 1. The minimum atomic E-state index is -3.44. The van der Waals surface area contributed by atoms with Crippen LogP contribution in [0.3, 0.4) is 0 Å². The summed E-state index contributed by atoms with van der Waals surface area (Å²) in [5, 5.41) is 10.7. The number of furan rings is 1. The summed E-state index contributed by atoms with van der Waals surface area (Å²) in [7, 11) is -8.59. The number of carbonyl (C=O) groups is 4. The van der Waals surface area contributed by atoms with Gasteiger partial charge in [-0.15, -0.1) is 0 Å². The Morgan fingerprint density at radius 2 is 1.52 bits per heavy atom. The average molecular weight is 1490 g/mol. The maximum Gasteiger partial charge on any atom is 0.273 e. The lowest BCUT2D eigenvalue weighted by Crippen LogP contribution is -2.57. The van der Waals surface area contributed by atoms with Crippen molar-refractivity contribution >= 4 is 64.5 Å². The van der Waals surface area contributed by atoms with E-state index in [0.29, 0.717) is 105 Å². The molecule has 27 heteroatoms. The molecular formula is C79H82FN11O12S3. The number of sulfonamides is 1. The summed E-state index contributed by atoms with van der Waals surface area (Å²) in [6, 6.07) is 44.2. The van der Waals surface area contributed by atoms with E-state index >= 15 is 0 Å². The highest BCUT2D eigenvalue weighted by Crippen LogP contribution is 2.64. The van der Waals surface area contributed by atoms with E-state index in [-0.39, 0.29) is 71.4 Å². The molecule has 3 saturated carbocycles. The maximum atomic E-state index is 13.3. The second kappa shape index (κ2) is 30.6. The Balaban J connectivity index is 0.000000126. The van der Waals surface area contributed by atoms with Crippen molar-refractivity contribution in [2.24, 2.45) is 23.8 Å². The van der Waals surface area contributed by atoms with Crippen molar-refractivity contribution in [2.45, 2.75) is 113 Å². The van der Waals surface area contributed by atoms with Gasteiger partial charge in [0.25, 0.3) is 17.7 Å². The van der Waals surface area contributed by atoms with Crippen molar-refractivity contribution in [2.75, 3.05) is 43.0 Å². The van der Waals surface area contributed by atoms with E-state index in [2.05, 4.69) is 56.5 Å². The van der Waals surface area contributed by atoms with Crippen molar-refractivity contribution in [3.05, 3.63) is 246 Å². The number of amides is 3. The second-order valence-electron chi connectivity index (χ2n) is 28.2. The molecule has 1 N–H and O–H groups in total. The molecule has 16 rings (SSSR count). The van der Waals surface area contributed by atoms with Crippen LogP contribution < -0.4 is 5.32 Å². The Kier molecular flexibility index (Phi) is 21.4. The number of fused-ring (bicyclic) bond motifs is 3. The molecule has 2 aliphatic heterocycles. The van der Waals surface area contributed by atoms with Crippen LogP contribution in [-0.4, -0.2) is 152 Å². The van der Waals surface area contributed by atoms with E-state index in [1.165, 1.54) is 23.1 Å². The van der Waals surface area contributed by atoms with Gasteiger partial charge in [-0.05, 0) is 178 Å². The Morgan fingerprint density at radius 1 is 0.783 bits per heavy atom. The Labute approximate surface area is 615 Å². The lowest BCUT2D eigenvalue weighted by atomic mass is 9.70. The highest BCUT2D eigenvalue weighted by molar-refractivity contribution is 7.92. The summed E-state index contributed by atoms with van der Waals surface area (Å²) in [4.78, 5) is 67.7. The van der Waals surface area contributed by atoms with Gasteiger partial charge < -0.3 is 24.1 Å². The number of ketones is 1. The predicted octanol–water partition coefficient (Wildman–Crippen LogP) is 12.2. The predicted molar refractivity (Wildman–Crippen MR) is 396 cm³/mol. The number of benzene rings is 4. The van der Waals surface area contributed by atoms with Gasteiger partial charge in [-0.25, -0.2) is 34.6 Å². The minimum absolute atomic E-state index is 0.00975. The fraction of sp³-hybridized carbons (Fsp3) is 0.329. The van der Waals surface area contributed by atoms with Crippen LogP contribution in [0.2, 0.25) is 0 Å². The SMILES string of the molecule is CC1(C)C2CCC1(CS(=O)(=O)N(CC1=CCC=C1)C1CC1)C(=O)C2.Cc1ccc(S(=O)(=O)C2CN(C(=O)c3c(C)nc4ccccn34)C2)cc1.Cn1nc(-c2ccc(F)cc2)cc1C(=O)Nc1ccccc1Cc1nc(-c2ccco2)no1.O=C(c1ccccn1)N1CCCC1CS(=O)(=O)c1ccccc1. The number of nitrogens with zero attached hydrogens (tertiary/aromatic N) is 10. The number of hydrogen-bond donors (Lipinski definition) is 1. The molecule has 2 bridgehead atoms. The third-order valence-electron chi connectivity index (χ3n) is 21.0. The summed E-state index contributed by atoms with van der Waals surface area (Å²) in [6.45, 7) is 9.37. The molecule has 6 aromatic heterocycles. The number of para-hydroxylation sites is 1. The first kappa shape index (κ1) is 73.9. The summed E-state index contributed by atoms with van der Waals surface area (Å²) in [5.41, 5.74) is 6.52. The van der Waals surface area contributed by atoms with Gasteiger partial charge in [0.1, 0.15) is 39.6 Å². The van der Waals surface area contributed by atoms with Gasteiger partial charge in [-0.3, -0.25) is 33.2 Å². The van der Waals surface area contributed by atoms with Gasteiger partial charge in [-0.2, -0.15) is 14.4 Å². The van der Waals surface area contributed by atoms with E-state index < -0.39 is 40.4 Å². The van der Waals surface area contributed by atoms with E-state index in [0.717, 1.165) is 60.8 Å². The Hall–Kier alpha value is -10.4. The van der Waals surface area contributed by atoms with Gasteiger partial charge in [0, 0.05) is 80.8 Å². The molecule has 8 heterocycles. The zero-order chi connectivity index (χ0) is 74.7. The van der Waals surface area contributed by atoms with Gasteiger partial charge >= 0.3 is 0 Å². The van der Waals surface area contributed by atoms with Crippen molar-refractivity contribution in [3.63, 3.8) is 0 Å².